The Morgan fingerprint density at radius 2 is 2.14 bits per heavy atom. The minimum Gasteiger partial charge on any atom is -0.380 e. The Kier molecular flexibility index (Phi) is 4.08. The molecule has 3 rings (SSSR count). The van der Waals surface area contributed by atoms with E-state index in [-0.39, 0.29) is 0 Å². The van der Waals surface area contributed by atoms with Crippen LogP contribution < -0.4 is 5.32 Å². The minimum atomic E-state index is 0.475. The van der Waals surface area contributed by atoms with E-state index >= 15 is 0 Å². The Balaban J connectivity index is 1.88. The first-order valence-corrected chi connectivity index (χ1v) is 7.44. The second kappa shape index (κ2) is 6.00. The van der Waals surface area contributed by atoms with E-state index in [9.17, 15) is 0 Å². The fourth-order valence-corrected chi connectivity index (χ4v) is 2.37. The Labute approximate surface area is 129 Å². The maximum absolute atomic E-state index is 6.23. The molecule has 0 unspecified atom stereocenters. The highest BCUT2D eigenvalue weighted by Crippen LogP contribution is 2.39. The molecule has 1 aliphatic carbocycles. The van der Waals surface area contributed by atoms with Crippen LogP contribution in [0.2, 0.25) is 5.15 Å². The van der Waals surface area contributed by atoms with Gasteiger partial charge in [0.05, 0.1) is 6.61 Å². The van der Waals surface area contributed by atoms with Gasteiger partial charge < -0.3 is 10.1 Å². The number of nitrogens with zero attached hydrogens (tertiary/aromatic N) is 2. The molecule has 1 aliphatic rings. The molecule has 110 valence electrons. The number of anilines is 2. The summed E-state index contributed by atoms with van der Waals surface area (Å²) in [6, 6.07) is 8.09. The van der Waals surface area contributed by atoms with Crippen LogP contribution in [0.4, 0.5) is 11.5 Å². The summed E-state index contributed by atoms with van der Waals surface area (Å²) in [6.45, 7) is 2.52. The van der Waals surface area contributed by atoms with E-state index in [4.69, 9.17) is 16.3 Å². The van der Waals surface area contributed by atoms with Gasteiger partial charge in [0, 0.05) is 24.3 Å². The Hall–Kier alpha value is -1.65. The standard InChI is InChI=1S/C16H18ClN3O/c1-10-14(17)19-16(12-6-7-12)20-15(10)18-13-5-3-4-11(8-13)9-21-2/h3-5,8,12H,6-7,9H2,1-2H3,(H,18,19,20). The van der Waals surface area contributed by atoms with Crippen LogP contribution in [0, 0.1) is 6.92 Å². The van der Waals surface area contributed by atoms with E-state index in [0.717, 1.165) is 41.3 Å². The SMILES string of the molecule is COCc1cccc(Nc2nc(C3CC3)nc(Cl)c2C)c1. The normalized spacial score (nSPS) is 14.2. The number of hydrogen-bond donors (Lipinski definition) is 1. The lowest BCUT2D eigenvalue weighted by atomic mass is 10.2. The van der Waals surface area contributed by atoms with E-state index in [1.165, 1.54) is 0 Å². The summed E-state index contributed by atoms with van der Waals surface area (Å²) in [5.41, 5.74) is 2.96. The molecule has 0 bridgehead atoms. The molecule has 1 saturated carbocycles. The third-order valence-corrected chi connectivity index (χ3v) is 3.91. The van der Waals surface area contributed by atoms with Crippen LogP contribution in [0.1, 0.15) is 35.7 Å². The van der Waals surface area contributed by atoms with Gasteiger partial charge in [-0.15, -0.1) is 0 Å². The van der Waals surface area contributed by atoms with Gasteiger partial charge in [0.25, 0.3) is 0 Å². The molecule has 0 amide bonds. The highest BCUT2D eigenvalue weighted by molar-refractivity contribution is 6.30. The van der Waals surface area contributed by atoms with Crippen LogP contribution in [0.25, 0.3) is 0 Å². The first-order chi connectivity index (χ1) is 10.2. The number of halogens is 1. The molecule has 1 aromatic carbocycles. The van der Waals surface area contributed by atoms with Crippen molar-refractivity contribution in [2.45, 2.75) is 32.3 Å². The summed E-state index contributed by atoms with van der Waals surface area (Å²) < 4.78 is 5.16. The molecule has 1 aromatic heterocycles. The molecule has 0 radical (unpaired) electrons. The van der Waals surface area contributed by atoms with Crippen LogP contribution in [-0.2, 0) is 11.3 Å². The molecule has 1 N–H and O–H groups in total. The zero-order valence-corrected chi connectivity index (χ0v) is 12.9. The van der Waals surface area contributed by atoms with Crippen LogP contribution in [0.15, 0.2) is 24.3 Å². The van der Waals surface area contributed by atoms with Crippen molar-refractivity contribution in [2.75, 3.05) is 12.4 Å². The monoisotopic (exact) mass is 303 g/mol. The van der Waals surface area contributed by atoms with Gasteiger partial charge in [-0.1, -0.05) is 23.7 Å². The Morgan fingerprint density at radius 1 is 1.33 bits per heavy atom. The number of hydrogen-bond acceptors (Lipinski definition) is 4. The largest absolute Gasteiger partial charge is 0.380 e. The van der Waals surface area contributed by atoms with Gasteiger partial charge in [-0.25, -0.2) is 9.97 Å². The van der Waals surface area contributed by atoms with Gasteiger partial charge in [-0.3, -0.25) is 0 Å². The van der Waals surface area contributed by atoms with Gasteiger partial charge in [-0.2, -0.15) is 0 Å². The van der Waals surface area contributed by atoms with Gasteiger partial charge in [-0.05, 0) is 37.5 Å². The molecule has 21 heavy (non-hydrogen) atoms. The highest BCUT2D eigenvalue weighted by atomic mass is 35.5. The Bertz CT molecular complexity index is 656. The van der Waals surface area contributed by atoms with Gasteiger partial charge in [0.2, 0.25) is 0 Å². The lowest BCUT2D eigenvalue weighted by Gasteiger charge is -2.12. The van der Waals surface area contributed by atoms with Crippen molar-refractivity contribution in [3.05, 3.63) is 46.4 Å². The topological polar surface area (TPSA) is 47.0 Å². The molecule has 4 nitrogen and oxygen atoms in total. The fraction of sp³-hybridized carbons (Fsp3) is 0.375. The molecule has 2 aromatic rings. The maximum atomic E-state index is 6.23. The molecule has 0 spiro atoms. The molecule has 5 heteroatoms. The van der Waals surface area contributed by atoms with Crippen LogP contribution in [-0.4, -0.2) is 17.1 Å². The molecule has 0 atom stereocenters. The van der Waals surface area contributed by atoms with Gasteiger partial charge in [0.1, 0.15) is 16.8 Å². The summed E-state index contributed by atoms with van der Waals surface area (Å²) in [6.07, 6.45) is 2.31. The van der Waals surface area contributed by atoms with E-state index in [1.807, 2.05) is 25.1 Å². The quantitative estimate of drug-likeness (QED) is 0.841. The minimum absolute atomic E-state index is 0.475. The van der Waals surface area contributed by atoms with Crippen molar-refractivity contribution in [2.24, 2.45) is 0 Å². The van der Waals surface area contributed by atoms with Crippen molar-refractivity contribution in [1.82, 2.24) is 9.97 Å². The van der Waals surface area contributed by atoms with Crippen molar-refractivity contribution in [3.8, 4) is 0 Å². The third kappa shape index (κ3) is 3.34. The lowest BCUT2D eigenvalue weighted by Crippen LogP contribution is -2.03. The number of ether oxygens (including phenoxy) is 1. The zero-order valence-electron chi connectivity index (χ0n) is 12.2. The Morgan fingerprint density at radius 3 is 2.86 bits per heavy atom. The molecule has 1 fully saturated rings. The predicted octanol–water partition coefficient (Wildman–Crippen LogP) is 4.21. The van der Waals surface area contributed by atoms with Gasteiger partial charge >= 0.3 is 0 Å². The van der Waals surface area contributed by atoms with Gasteiger partial charge in [0.15, 0.2) is 0 Å². The highest BCUT2D eigenvalue weighted by Gasteiger charge is 2.28. The van der Waals surface area contributed by atoms with Crippen molar-refractivity contribution in [3.63, 3.8) is 0 Å². The van der Waals surface area contributed by atoms with Crippen LogP contribution in [0.5, 0.6) is 0 Å². The molecular weight excluding hydrogens is 286 g/mol. The zero-order chi connectivity index (χ0) is 14.8. The van der Waals surface area contributed by atoms with Crippen LogP contribution in [0.3, 0.4) is 0 Å². The van der Waals surface area contributed by atoms with E-state index in [0.29, 0.717) is 17.7 Å². The smallest absolute Gasteiger partial charge is 0.138 e. The van der Waals surface area contributed by atoms with Crippen molar-refractivity contribution >= 4 is 23.1 Å². The van der Waals surface area contributed by atoms with Crippen molar-refractivity contribution < 1.29 is 4.74 Å². The number of methoxy groups -OCH3 is 1. The average molecular weight is 304 g/mol. The number of rotatable bonds is 5. The summed E-state index contributed by atoms with van der Waals surface area (Å²) in [4.78, 5) is 9.01. The first-order valence-electron chi connectivity index (χ1n) is 7.06. The average Bonchev–Trinajstić information content (AvgIpc) is 3.29. The second-order valence-electron chi connectivity index (χ2n) is 5.38. The molecule has 1 heterocycles. The fourth-order valence-electron chi connectivity index (χ4n) is 2.19. The number of benzene rings is 1. The lowest BCUT2D eigenvalue weighted by molar-refractivity contribution is 0.185. The summed E-state index contributed by atoms with van der Waals surface area (Å²) in [7, 11) is 1.69. The molecule has 0 saturated heterocycles. The number of aromatic nitrogens is 2. The summed E-state index contributed by atoms with van der Waals surface area (Å²) in [5.74, 6) is 2.11. The summed E-state index contributed by atoms with van der Waals surface area (Å²) in [5, 5.41) is 3.87. The molecule has 0 aliphatic heterocycles. The first kappa shape index (κ1) is 14.3. The summed E-state index contributed by atoms with van der Waals surface area (Å²) >= 11 is 6.23. The maximum Gasteiger partial charge on any atom is 0.138 e. The second-order valence-corrected chi connectivity index (χ2v) is 5.74. The number of nitrogens with one attached hydrogen (secondary N) is 1. The van der Waals surface area contributed by atoms with E-state index < -0.39 is 0 Å². The third-order valence-electron chi connectivity index (χ3n) is 3.55. The van der Waals surface area contributed by atoms with Crippen molar-refractivity contribution in [1.29, 1.82) is 0 Å². The molecular formula is C16H18ClN3O. The van der Waals surface area contributed by atoms with E-state index in [1.54, 1.807) is 7.11 Å². The predicted molar refractivity (Wildman–Crippen MR) is 84.2 cm³/mol. The van der Waals surface area contributed by atoms with Crippen LogP contribution >= 0.6 is 11.6 Å². The van der Waals surface area contributed by atoms with E-state index in [2.05, 4.69) is 21.4 Å².